The summed E-state index contributed by atoms with van der Waals surface area (Å²) in [5, 5.41) is 0. The van der Waals surface area contributed by atoms with Gasteiger partial charge in [-0.25, -0.2) is 0 Å². The molecule has 0 atom stereocenters. The Hall–Kier alpha value is -1.08. The molecular weight excluding hydrogens is 242 g/mol. The zero-order chi connectivity index (χ0) is 14.9. The summed E-state index contributed by atoms with van der Waals surface area (Å²) in [5.41, 5.74) is 6.65. The zero-order valence-electron chi connectivity index (χ0n) is 13.5. The molecular formula is C19H33N. The summed E-state index contributed by atoms with van der Waals surface area (Å²) >= 11 is 0. The first-order valence-electron chi connectivity index (χ1n) is 8.23. The first-order valence-corrected chi connectivity index (χ1v) is 8.23. The van der Waals surface area contributed by atoms with Crippen molar-refractivity contribution in [3.05, 3.63) is 42.0 Å². The van der Waals surface area contributed by atoms with E-state index in [9.17, 15) is 0 Å². The molecule has 0 saturated heterocycles. The number of unbranched alkanes of at least 4 members (excludes halogenated alkanes) is 7. The van der Waals surface area contributed by atoms with Crippen LogP contribution in [0.1, 0.15) is 70.8 Å². The van der Waals surface area contributed by atoms with Crippen molar-refractivity contribution in [2.24, 2.45) is 5.73 Å². The van der Waals surface area contributed by atoms with E-state index in [2.05, 4.69) is 25.1 Å². The van der Waals surface area contributed by atoms with Gasteiger partial charge in [-0.2, -0.15) is 0 Å². The van der Waals surface area contributed by atoms with E-state index in [0.717, 1.165) is 6.54 Å². The van der Waals surface area contributed by atoms with Crippen molar-refractivity contribution < 1.29 is 0 Å². The summed E-state index contributed by atoms with van der Waals surface area (Å²) in [6.07, 6.45) is 15.1. The van der Waals surface area contributed by atoms with Gasteiger partial charge < -0.3 is 5.73 Å². The summed E-state index contributed by atoms with van der Waals surface area (Å²) in [5.74, 6) is 0. The quantitative estimate of drug-likeness (QED) is 0.566. The lowest BCUT2D eigenvalue weighted by Crippen LogP contribution is -1.97. The fourth-order valence-corrected chi connectivity index (χ4v) is 2.03. The van der Waals surface area contributed by atoms with Crippen LogP contribution in [0.15, 0.2) is 36.4 Å². The van der Waals surface area contributed by atoms with Gasteiger partial charge in [-0.05, 0) is 25.5 Å². The van der Waals surface area contributed by atoms with Gasteiger partial charge in [0.1, 0.15) is 0 Å². The molecule has 2 N–H and O–H groups in total. The molecule has 0 saturated carbocycles. The highest BCUT2D eigenvalue weighted by Gasteiger charge is 1.89. The molecule has 20 heavy (non-hydrogen) atoms. The number of allylic oxidation sites excluding steroid dienone is 1. The molecule has 0 heterocycles. The van der Waals surface area contributed by atoms with Crippen molar-refractivity contribution in [2.45, 2.75) is 65.2 Å². The molecule has 1 aromatic rings. The van der Waals surface area contributed by atoms with Crippen molar-refractivity contribution in [1.29, 1.82) is 0 Å². The van der Waals surface area contributed by atoms with Crippen LogP contribution in [-0.2, 0) is 0 Å². The standard InChI is InChI=1S/C10H23N.C9H10/c1-2-3-4-5-6-7-8-9-10-11;1-2-6-9-7-4-3-5-8-9/h2-11H2,1H3;2-8H,1H3. The van der Waals surface area contributed by atoms with Gasteiger partial charge in [0.05, 0.1) is 0 Å². The van der Waals surface area contributed by atoms with Gasteiger partial charge in [0.2, 0.25) is 0 Å². The molecule has 1 aromatic carbocycles. The van der Waals surface area contributed by atoms with Crippen LogP contribution in [-0.4, -0.2) is 6.54 Å². The van der Waals surface area contributed by atoms with Crippen molar-refractivity contribution in [1.82, 2.24) is 0 Å². The molecule has 1 rings (SSSR count). The van der Waals surface area contributed by atoms with E-state index in [-0.39, 0.29) is 0 Å². The summed E-state index contributed by atoms with van der Waals surface area (Å²) < 4.78 is 0. The van der Waals surface area contributed by atoms with E-state index >= 15 is 0 Å². The first-order chi connectivity index (χ1) is 9.85. The highest BCUT2D eigenvalue weighted by Crippen LogP contribution is 2.07. The van der Waals surface area contributed by atoms with Gasteiger partial charge in [-0.3, -0.25) is 0 Å². The minimum atomic E-state index is 0.870. The molecule has 0 fully saturated rings. The van der Waals surface area contributed by atoms with Gasteiger partial charge in [0.15, 0.2) is 0 Å². The normalized spacial score (nSPS) is 10.3. The smallest absolute Gasteiger partial charge is 0.00773 e. The van der Waals surface area contributed by atoms with Gasteiger partial charge in [0.25, 0.3) is 0 Å². The average molecular weight is 275 g/mol. The summed E-state index contributed by atoms with van der Waals surface area (Å²) in [7, 11) is 0. The molecule has 0 unspecified atom stereocenters. The van der Waals surface area contributed by atoms with Crippen molar-refractivity contribution in [3.63, 3.8) is 0 Å². The fourth-order valence-electron chi connectivity index (χ4n) is 2.03. The third kappa shape index (κ3) is 13.4. The van der Waals surface area contributed by atoms with Crippen LogP contribution >= 0.6 is 0 Å². The Balaban J connectivity index is 0.000000367. The molecule has 0 spiro atoms. The monoisotopic (exact) mass is 275 g/mol. The van der Waals surface area contributed by atoms with E-state index in [1.54, 1.807) is 0 Å². The van der Waals surface area contributed by atoms with Crippen LogP contribution in [0.2, 0.25) is 0 Å². The minimum absolute atomic E-state index is 0.870. The van der Waals surface area contributed by atoms with Gasteiger partial charge in [-0.15, -0.1) is 0 Å². The van der Waals surface area contributed by atoms with E-state index in [1.807, 2.05) is 31.2 Å². The van der Waals surface area contributed by atoms with Gasteiger partial charge in [0, 0.05) is 0 Å². The van der Waals surface area contributed by atoms with Crippen molar-refractivity contribution >= 4 is 6.08 Å². The lowest BCUT2D eigenvalue weighted by atomic mass is 10.1. The second kappa shape index (κ2) is 16.0. The van der Waals surface area contributed by atoms with E-state index in [4.69, 9.17) is 5.73 Å². The van der Waals surface area contributed by atoms with Gasteiger partial charge in [-0.1, -0.05) is 94.4 Å². The molecule has 0 amide bonds. The first kappa shape index (κ1) is 18.9. The molecule has 0 radical (unpaired) electrons. The van der Waals surface area contributed by atoms with Crippen LogP contribution in [0.25, 0.3) is 6.08 Å². The predicted octanol–water partition coefficient (Wildman–Crippen LogP) is 5.81. The highest BCUT2D eigenvalue weighted by atomic mass is 14.5. The Bertz CT molecular complexity index is 295. The second-order valence-corrected chi connectivity index (χ2v) is 5.17. The largest absolute Gasteiger partial charge is 0.330 e. The number of nitrogens with two attached hydrogens (primary N) is 1. The number of hydrogen-bond donors (Lipinski definition) is 1. The maximum Gasteiger partial charge on any atom is -0.00773 e. The highest BCUT2D eigenvalue weighted by molar-refractivity contribution is 5.47. The lowest BCUT2D eigenvalue weighted by molar-refractivity contribution is 0.578. The maximum atomic E-state index is 5.39. The van der Waals surface area contributed by atoms with E-state index in [0.29, 0.717) is 0 Å². The molecule has 1 nitrogen and oxygen atoms in total. The zero-order valence-corrected chi connectivity index (χ0v) is 13.5. The molecule has 114 valence electrons. The van der Waals surface area contributed by atoms with Crippen LogP contribution in [0.5, 0.6) is 0 Å². The van der Waals surface area contributed by atoms with E-state index in [1.165, 1.54) is 56.9 Å². The van der Waals surface area contributed by atoms with Gasteiger partial charge >= 0.3 is 0 Å². The minimum Gasteiger partial charge on any atom is -0.330 e. The predicted molar refractivity (Wildman–Crippen MR) is 92.8 cm³/mol. The third-order valence-electron chi connectivity index (χ3n) is 3.22. The third-order valence-corrected chi connectivity index (χ3v) is 3.22. The molecule has 0 aliphatic rings. The van der Waals surface area contributed by atoms with E-state index < -0.39 is 0 Å². The number of hydrogen-bond acceptors (Lipinski definition) is 1. The Morgan fingerprint density at radius 1 is 0.850 bits per heavy atom. The second-order valence-electron chi connectivity index (χ2n) is 5.17. The summed E-state index contributed by atoms with van der Waals surface area (Å²) in [6.45, 7) is 5.15. The van der Waals surface area contributed by atoms with Crippen LogP contribution in [0.3, 0.4) is 0 Å². The lowest BCUT2D eigenvalue weighted by Gasteiger charge is -1.99. The fraction of sp³-hybridized carbons (Fsp3) is 0.579. The van der Waals surface area contributed by atoms with Crippen LogP contribution < -0.4 is 5.73 Å². The van der Waals surface area contributed by atoms with Crippen molar-refractivity contribution in [3.8, 4) is 0 Å². The van der Waals surface area contributed by atoms with Crippen LogP contribution in [0.4, 0.5) is 0 Å². The Labute approximate surface area is 126 Å². The summed E-state index contributed by atoms with van der Waals surface area (Å²) in [4.78, 5) is 0. The number of benzene rings is 1. The topological polar surface area (TPSA) is 26.0 Å². The summed E-state index contributed by atoms with van der Waals surface area (Å²) in [6, 6.07) is 10.3. The SMILES string of the molecule is CC=Cc1ccccc1.CCCCCCCCCCN. The Morgan fingerprint density at radius 3 is 1.90 bits per heavy atom. The molecule has 0 aromatic heterocycles. The molecule has 1 heteroatoms. The molecule has 0 bridgehead atoms. The Kier molecular flexibility index (Phi) is 15.1. The van der Waals surface area contributed by atoms with Crippen molar-refractivity contribution in [2.75, 3.05) is 6.54 Å². The molecule has 0 aliphatic heterocycles. The maximum absolute atomic E-state index is 5.39. The Morgan fingerprint density at radius 2 is 1.40 bits per heavy atom. The van der Waals surface area contributed by atoms with Crippen LogP contribution in [0, 0.1) is 0 Å². The molecule has 0 aliphatic carbocycles. The average Bonchev–Trinajstić information content (AvgIpc) is 2.49. The number of rotatable bonds is 9.